The molecule has 0 aliphatic heterocycles. The number of phenolic OH excluding ortho intramolecular Hbond substituents is 1. The van der Waals surface area contributed by atoms with E-state index in [0.717, 1.165) is 0 Å². The minimum atomic E-state index is -0.440. The van der Waals surface area contributed by atoms with Gasteiger partial charge in [0, 0.05) is 11.3 Å². The Balaban J connectivity index is 1.66. The van der Waals surface area contributed by atoms with E-state index >= 15 is 0 Å². The van der Waals surface area contributed by atoms with Gasteiger partial charge in [-0.05, 0) is 48.0 Å². The number of amides is 2. The van der Waals surface area contributed by atoms with Crippen LogP contribution in [0.15, 0.2) is 77.9 Å². The van der Waals surface area contributed by atoms with Crippen molar-refractivity contribution in [3.05, 3.63) is 94.5 Å². The van der Waals surface area contributed by atoms with Crippen LogP contribution in [0.1, 0.15) is 26.3 Å². The minimum Gasteiger partial charge on any atom is -0.508 e. The Hall–Kier alpha value is -3.64. The van der Waals surface area contributed by atoms with Gasteiger partial charge in [-0.1, -0.05) is 41.9 Å². The summed E-state index contributed by atoms with van der Waals surface area (Å²) in [5.41, 5.74) is 4.16. The molecule has 140 valence electrons. The fraction of sp³-hybridized carbons (Fsp3) is 0. The van der Waals surface area contributed by atoms with Gasteiger partial charge in [0.05, 0.1) is 16.8 Å². The minimum absolute atomic E-state index is 0.109. The highest BCUT2D eigenvalue weighted by atomic mass is 35.5. The van der Waals surface area contributed by atoms with Gasteiger partial charge in [0.25, 0.3) is 11.8 Å². The lowest BCUT2D eigenvalue weighted by atomic mass is 10.1. The summed E-state index contributed by atoms with van der Waals surface area (Å²) in [4.78, 5) is 24.6. The third-order valence-electron chi connectivity index (χ3n) is 3.75. The molecule has 0 saturated heterocycles. The zero-order chi connectivity index (χ0) is 19.9. The van der Waals surface area contributed by atoms with Crippen molar-refractivity contribution in [1.82, 2.24) is 5.43 Å². The van der Waals surface area contributed by atoms with Gasteiger partial charge in [0.15, 0.2) is 0 Å². The number of hydrogen-bond acceptors (Lipinski definition) is 4. The van der Waals surface area contributed by atoms with E-state index in [-0.39, 0.29) is 11.7 Å². The van der Waals surface area contributed by atoms with Crippen molar-refractivity contribution in [2.75, 3.05) is 5.32 Å². The number of aromatic hydroxyl groups is 1. The van der Waals surface area contributed by atoms with Crippen LogP contribution < -0.4 is 10.7 Å². The average molecular weight is 394 g/mol. The quantitative estimate of drug-likeness (QED) is 0.451. The Labute approximate surface area is 166 Å². The van der Waals surface area contributed by atoms with Gasteiger partial charge in [0.1, 0.15) is 5.75 Å². The lowest BCUT2D eigenvalue weighted by Gasteiger charge is -2.08. The second-order valence-corrected chi connectivity index (χ2v) is 6.22. The molecule has 0 saturated carbocycles. The molecule has 0 radical (unpaired) electrons. The van der Waals surface area contributed by atoms with Crippen LogP contribution in [0.4, 0.5) is 5.69 Å². The van der Waals surface area contributed by atoms with Gasteiger partial charge in [-0.3, -0.25) is 9.59 Å². The van der Waals surface area contributed by atoms with Crippen LogP contribution in [0.3, 0.4) is 0 Å². The molecule has 2 amide bonds. The molecule has 3 aromatic carbocycles. The predicted octanol–water partition coefficient (Wildman–Crippen LogP) is 4.06. The summed E-state index contributed by atoms with van der Waals surface area (Å²) in [6.07, 6.45) is 1.42. The van der Waals surface area contributed by atoms with Crippen molar-refractivity contribution in [2.45, 2.75) is 0 Å². The van der Waals surface area contributed by atoms with Crippen LogP contribution in [0.25, 0.3) is 0 Å². The average Bonchev–Trinajstić information content (AvgIpc) is 2.68. The molecule has 0 aromatic heterocycles. The molecule has 3 rings (SSSR count). The fourth-order valence-corrected chi connectivity index (χ4v) is 2.64. The molecule has 0 atom stereocenters. The van der Waals surface area contributed by atoms with E-state index in [4.69, 9.17) is 11.6 Å². The van der Waals surface area contributed by atoms with Crippen molar-refractivity contribution in [3.8, 4) is 5.75 Å². The lowest BCUT2D eigenvalue weighted by molar-refractivity contribution is 0.0953. The maximum absolute atomic E-state index is 12.3. The van der Waals surface area contributed by atoms with Crippen molar-refractivity contribution in [3.63, 3.8) is 0 Å². The van der Waals surface area contributed by atoms with E-state index in [1.165, 1.54) is 18.3 Å². The smallest absolute Gasteiger partial charge is 0.271 e. The summed E-state index contributed by atoms with van der Waals surface area (Å²) in [6.45, 7) is 0. The highest BCUT2D eigenvalue weighted by Crippen LogP contribution is 2.18. The summed E-state index contributed by atoms with van der Waals surface area (Å²) < 4.78 is 0. The number of halogens is 1. The van der Waals surface area contributed by atoms with Crippen molar-refractivity contribution in [1.29, 1.82) is 0 Å². The second-order valence-electron chi connectivity index (χ2n) is 5.81. The number of nitrogens with one attached hydrogen (secondary N) is 2. The van der Waals surface area contributed by atoms with Gasteiger partial charge in [-0.25, -0.2) is 5.43 Å². The lowest BCUT2D eigenvalue weighted by Crippen LogP contribution is -2.18. The van der Waals surface area contributed by atoms with Crippen LogP contribution in [0, 0.1) is 0 Å². The molecule has 0 aliphatic rings. The first kappa shape index (κ1) is 19.1. The first-order valence-electron chi connectivity index (χ1n) is 8.31. The van der Waals surface area contributed by atoms with Crippen LogP contribution in [0.2, 0.25) is 5.02 Å². The van der Waals surface area contributed by atoms with E-state index < -0.39 is 5.91 Å². The molecule has 6 nitrogen and oxygen atoms in total. The molecule has 0 unspecified atom stereocenters. The normalized spacial score (nSPS) is 10.6. The summed E-state index contributed by atoms with van der Waals surface area (Å²) in [6, 6.07) is 19.6. The Kier molecular flexibility index (Phi) is 6.04. The predicted molar refractivity (Wildman–Crippen MR) is 109 cm³/mol. The summed E-state index contributed by atoms with van der Waals surface area (Å²) in [7, 11) is 0. The largest absolute Gasteiger partial charge is 0.508 e. The van der Waals surface area contributed by atoms with E-state index in [2.05, 4.69) is 15.8 Å². The molecule has 0 fully saturated rings. The fourth-order valence-electron chi connectivity index (χ4n) is 2.42. The summed E-state index contributed by atoms with van der Waals surface area (Å²) in [5, 5.41) is 16.3. The zero-order valence-electron chi connectivity index (χ0n) is 14.6. The number of hydrazone groups is 1. The van der Waals surface area contributed by atoms with Gasteiger partial charge in [0.2, 0.25) is 0 Å². The molecule has 0 aliphatic carbocycles. The number of hydrogen-bond donors (Lipinski definition) is 3. The highest BCUT2D eigenvalue weighted by Gasteiger charge is 2.11. The number of phenols is 1. The zero-order valence-corrected chi connectivity index (χ0v) is 15.4. The highest BCUT2D eigenvalue weighted by molar-refractivity contribution is 6.34. The van der Waals surface area contributed by atoms with Gasteiger partial charge in [-0.15, -0.1) is 0 Å². The maximum atomic E-state index is 12.3. The summed E-state index contributed by atoms with van der Waals surface area (Å²) >= 11 is 6.03. The number of carbonyl (C=O) groups excluding carboxylic acids is 2. The van der Waals surface area contributed by atoms with Crippen LogP contribution in [-0.2, 0) is 0 Å². The van der Waals surface area contributed by atoms with Crippen LogP contribution >= 0.6 is 11.6 Å². The van der Waals surface area contributed by atoms with Crippen LogP contribution in [-0.4, -0.2) is 23.1 Å². The third-order valence-corrected chi connectivity index (χ3v) is 4.08. The second kappa shape index (κ2) is 8.83. The van der Waals surface area contributed by atoms with Crippen LogP contribution in [0.5, 0.6) is 5.75 Å². The molecule has 28 heavy (non-hydrogen) atoms. The Bertz CT molecular complexity index is 1050. The molecule has 3 aromatic rings. The van der Waals surface area contributed by atoms with Gasteiger partial charge < -0.3 is 10.4 Å². The molecule has 3 N–H and O–H groups in total. The number of carbonyl (C=O) groups is 2. The first-order chi connectivity index (χ1) is 13.5. The van der Waals surface area contributed by atoms with E-state index in [1.807, 2.05) is 0 Å². The summed E-state index contributed by atoms with van der Waals surface area (Å²) in [5.74, 6) is -0.701. The topological polar surface area (TPSA) is 90.8 Å². The SMILES string of the molecule is O=C(N/N=C/c1cccc(O)c1)c1cccc(NC(=O)c2ccccc2Cl)c1. The molecule has 0 bridgehead atoms. The monoisotopic (exact) mass is 393 g/mol. The van der Waals surface area contributed by atoms with Crippen molar-refractivity contribution in [2.24, 2.45) is 5.10 Å². The van der Waals surface area contributed by atoms with E-state index in [1.54, 1.807) is 60.7 Å². The standard InChI is InChI=1S/C21H16ClN3O3/c22-19-10-2-1-9-18(19)21(28)24-16-7-4-6-15(12-16)20(27)25-23-13-14-5-3-8-17(26)11-14/h1-13,26H,(H,24,28)(H,25,27)/b23-13+. The number of anilines is 1. The van der Waals surface area contributed by atoms with Crippen molar-refractivity contribution < 1.29 is 14.7 Å². The third kappa shape index (κ3) is 4.96. The molecule has 0 spiro atoms. The molecule has 7 heteroatoms. The first-order valence-corrected chi connectivity index (χ1v) is 8.69. The number of benzene rings is 3. The van der Waals surface area contributed by atoms with Gasteiger partial charge >= 0.3 is 0 Å². The van der Waals surface area contributed by atoms with E-state index in [0.29, 0.717) is 27.4 Å². The maximum Gasteiger partial charge on any atom is 0.271 e. The van der Waals surface area contributed by atoms with E-state index in [9.17, 15) is 14.7 Å². The van der Waals surface area contributed by atoms with Gasteiger partial charge in [-0.2, -0.15) is 5.10 Å². The molecular formula is C21H16ClN3O3. The molecule has 0 heterocycles. The Morgan fingerprint density at radius 1 is 0.929 bits per heavy atom. The number of nitrogens with zero attached hydrogens (tertiary/aromatic N) is 1. The Morgan fingerprint density at radius 3 is 2.50 bits per heavy atom. The van der Waals surface area contributed by atoms with Crippen molar-refractivity contribution >= 4 is 35.3 Å². The molecular weight excluding hydrogens is 378 g/mol. The Morgan fingerprint density at radius 2 is 1.71 bits per heavy atom. The number of rotatable bonds is 5.